The molecular weight excluding hydrogens is 456 g/mol. The number of fused-ring (bicyclic) bond motifs is 1. The second-order valence-corrected chi connectivity index (χ2v) is 9.42. The molecule has 6 nitrogen and oxygen atoms in total. The summed E-state index contributed by atoms with van der Waals surface area (Å²) in [5.41, 5.74) is 7.76. The molecule has 2 aromatic carbocycles. The molecule has 6 rings (SSSR count). The van der Waals surface area contributed by atoms with E-state index in [9.17, 15) is 0 Å². The molecule has 7 heteroatoms. The minimum atomic E-state index is -0.0873. The molecule has 4 heterocycles. The highest BCUT2D eigenvalue weighted by Crippen LogP contribution is 2.44. The first kappa shape index (κ1) is 21.7. The number of rotatable bonds is 4. The van der Waals surface area contributed by atoms with E-state index in [4.69, 9.17) is 21.7 Å². The van der Waals surface area contributed by atoms with Crippen LogP contribution < -0.4 is 19.7 Å². The third-order valence-corrected chi connectivity index (χ3v) is 7.13. The number of aromatic nitrogens is 2. The maximum Gasteiger partial charge on any atom is 0.231 e. The summed E-state index contributed by atoms with van der Waals surface area (Å²) in [6, 6.07) is 22.7. The lowest BCUT2D eigenvalue weighted by atomic mass is 9.96. The van der Waals surface area contributed by atoms with Crippen molar-refractivity contribution in [2.24, 2.45) is 0 Å². The van der Waals surface area contributed by atoms with E-state index < -0.39 is 0 Å². The zero-order valence-electron chi connectivity index (χ0n) is 19.9. The Kier molecular flexibility index (Phi) is 5.22. The molecule has 0 spiro atoms. The van der Waals surface area contributed by atoms with Crippen LogP contribution in [0, 0.1) is 20.8 Å². The molecule has 2 aliphatic rings. The van der Waals surface area contributed by atoms with Gasteiger partial charge in [0.05, 0.1) is 17.8 Å². The first-order valence-electron chi connectivity index (χ1n) is 11.7. The average Bonchev–Trinajstić information content (AvgIpc) is 3.55. The average molecular weight is 483 g/mol. The highest BCUT2D eigenvalue weighted by Gasteiger charge is 2.42. The number of hydrogen-bond acceptors (Lipinski definition) is 4. The number of ether oxygens (including phenoxy) is 2. The van der Waals surface area contributed by atoms with Gasteiger partial charge < -0.3 is 24.3 Å². The van der Waals surface area contributed by atoms with E-state index in [0.717, 1.165) is 40.0 Å². The molecule has 0 radical (unpaired) electrons. The van der Waals surface area contributed by atoms with E-state index in [1.807, 2.05) is 30.5 Å². The quantitative estimate of drug-likeness (QED) is 0.377. The summed E-state index contributed by atoms with van der Waals surface area (Å²) < 4.78 is 13.4. The Balaban J connectivity index is 1.50. The number of pyridine rings is 1. The van der Waals surface area contributed by atoms with Gasteiger partial charge in [0.15, 0.2) is 16.6 Å². The van der Waals surface area contributed by atoms with Gasteiger partial charge in [-0.1, -0.05) is 23.8 Å². The molecule has 1 fully saturated rings. The summed E-state index contributed by atoms with van der Waals surface area (Å²) in [5.74, 6) is 1.55. The van der Waals surface area contributed by atoms with Crippen LogP contribution >= 0.6 is 12.2 Å². The standard InChI is InChI=1S/C28H26N4O2S/c1-17-7-9-20(10-8-17)32-27(26(30-28(32)35)23-6-4-5-13-29-23)22-14-18(2)31(19(22)3)21-11-12-24-25(15-21)34-16-33-24/h4-15,26-27H,16H2,1-3H3,(H,30,35)/t26-,27+/m1/s1. The van der Waals surface area contributed by atoms with Crippen LogP contribution in [-0.4, -0.2) is 21.5 Å². The lowest BCUT2D eigenvalue weighted by Gasteiger charge is -2.28. The molecular formula is C28H26N4O2S. The smallest absolute Gasteiger partial charge is 0.231 e. The van der Waals surface area contributed by atoms with Crippen molar-refractivity contribution in [3.05, 3.63) is 101 Å². The van der Waals surface area contributed by atoms with E-state index in [1.54, 1.807) is 0 Å². The molecule has 1 N–H and O–H groups in total. The van der Waals surface area contributed by atoms with Crippen LogP contribution in [0.15, 0.2) is 72.9 Å². The maximum atomic E-state index is 5.89. The fraction of sp³-hybridized carbons (Fsp3) is 0.214. The van der Waals surface area contributed by atoms with E-state index in [2.05, 4.69) is 83.0 Å². The van der Waals surface area contributed by atoms with Crippen molar-refractivity contribution < 1.29 is 9.47 Å². The van der Waals surface area contributed by atoms with E-state index in [0.29, 0.717) is 5.11 Å². The Labute approximate surface area is 210 Å². The Morgan fingerprint density at radius 3 is 2.46 bits per heavy atom. The van der Waals surface area contributed by atoms with Gasteiger partial charge in [0, 0.05) is 35.0 Å². The normalized spacial score (nSPS) is 18.7. The van der Waals surface area contributed by atoms with Crippen molar-refractivity contribution in [1.29, 1.82) is 0 Å². The van der Waals surface area contributed by atoms with Gasteiger partial charge >= 0.3 is 0 Å². The topological polar surface area (TPSA) is 51.6 Å². The number of anilines is 1. The van der Waals surface area contributed by atoms with Crippen LogP contribution in [0.1, 0.15) is 40.3 Å². The summed E-state index contributed by atoms with van der Waals surface area (Å²) in [7, 11) is 0. The van der Waals surface area contributed by atoms with Gasteiger partial charge in [0.1, 0.15) is 0 Å². The van der Waals surface area contributed by atoms with Gasteiger partial charge in [-0.2, -0.15) is 0 Å². The SMILES string of the molecule is Cc1ccc(N2C(=S)N[C@H](c3ccccn3)[C@@H]2c2cc(C)n(-c3ccc4c(c3)OCO4)c2C)cc1. The predicted molar refractivity (Wildman–Crippen MR) is 140 cm³/mol. The van der Waals surface area contributed by atoms with Crippen molar-refractivity contribution in [1.82, 2.24) is 14.9 Å². The van der Waals surface area contributed by atoms with Gasteiger partial charge in [0.25, 0.3) is 0 Å². The number of nitrogens with zero attached hydrogens (tertiary/aromatic N) is 3. The monoisotopic (exact) mass is 482 g/mol. The minimum absolute atomic E-state index is 0.0610. The molecule has 0 saturated carbocycles. The molecule has 2 atom stereocenters. The molecule has 2 aromatic heterocycles. The second kappa shape index (κ2) is 8.43. The Morgan fingerprint density at radius 1 is 0.914 bits per heavy atom. The molecule has 2 aliphatic heterocycles. The summed E-state index contributed by atoms with van der Waals surface area (Å²) in [6.45, 7) is 6.65. The highest BCUT2D eigenvalue weighted by molar-refractivity contribution is 7.80. The molecule has 176 valence electrons. The summed E-state index contributed by atoms with van der Waals surface area (Å²) in [5, 5.41) is 4.26. The zero-order valence-corrected chi connectivity index (χ0v) is 20.7. The zero-order chi connectivity index (χ0) is 24.1. The van der Waals surface area contributed by atoms with E-state index in [-0.39, 0.29) is 18.9 Å². The van der Waals surface area contributed by atoms with Crippen molar-refractivity contribution in [3.63, 3.8) is 0 Å². The van der Waals surface area contributed by atoms with Crippen LogP contribution in [0.25, 0.3) is 5.69 Å². The largest absolute Gasteiger partial charge is 0.454 e. The van der Waals surface area contributed by atoms with Gasteiger partial charge in [-0.15, -0.1) is 0 Å². The van der Waals surface area contributed by atoms with Crippen LogP contribution in [-0.2, 0) is 0 Å². The fourth-order valence-electron chi connectivity index (χ4n) is 5.16. The number of thiocarbonyl (C=S) groups is 1. The number of aryl methyl sites for hydroxylation is 2. The molecule has 0 bridgehead atoms. The lowest BCUT2D eigenvalue weighted by molar-refractivity contribution is 0.174. The van der Waals surface area contributed by atoms with E-state index in [1.165, 1.54) is 11.1 Å². The van der Waals surface area contributed by atoms with Gasteiger partial charge in [-0.25, -0.2) is 0 Å². The summed E-state index contributed by atoms with van der Waals surface area (Å²) >= 11 is 5.89. The molecule has 35 heavy (non-hydrogen) atoms. The highest BCUT2D eigenvalue weighted by atomic mass is 32.1. The predicted octanol–water partition coefficient (Wildman–Crippen LogP) is 5.70. The fourth-order valence-corrected chi connectivity index (χ4v) is 5.51. The second-order valence-electron chi connectivity index (χ2n) is 9.03. The number of nitrogens with one attached hydrogen (secondary N) is 1. The Morgan fingerprint density at radius 2 is 1.69 bits per heavy atom. The number of hydrogen-bond donors (Lipinski definition) is 1. The Bertz CT molecular complexity index is 1420. The van der Waals surface area contributed by atoms with Crippen molar-refractivity contribution in [3.8, 4) is 17.2 Å². The van der Waals surface area contributed by atoms with Gasteiger partial charge in [-0.3, -0.25) is 4.98 Å². The summed E-state index contributed by atoms with van der Waals surface area (Å²) in [4.78, 5) is 6.91. The third kappa shape index (κ3) is 3.63. The van der Waals surface area contributed by atoms with Crippen LogP contribution in [0.3, 0.4) is 0 Å². The van der Waals surface area contributed by atoms with Crippen LogP contribution in [0.5, 0.6) is 11.5 Å². The third-order valence-electron chi connectivity index (χ3n) is 6.81. The molecule has 0 amide bonds. The molecule has 4 aromatic rings. The van der Waals surface area contributed by atoms with E-state index >= 15 is 0 Å². The molecule has 0 aliphatic carbocycles. The van der Waals surface area contributed by atoms with Crippen LogP contribution in [0.4, 0.5) is 5.69 Å². The molecule has 1 saturated heterocycles. The minimum Gasteiger partial charge on any atom is -0.454 e. The van der Waals surface area contributed by atoms with Crippen molar-refractivity contribution >= 4 is 23.0 Å². The molecule has 0 unspecified atom stereocenters. The summed E-state index contributed by atoms with van der Waals surface area (Å²) in [6.07, 6.45) is 1.83. The van der Waals surface area contributed by atoms with Gasteiger partial charge in [-0.05, 0) is 81.0 Å². The Hall–Kier alpha value is -3.84. The first-order chi connectivity index (χ1) is 17.0. The lowest BCUT2D eigenvalue weighted by Crippen LogP contribution is -2.29. The van der Waals surface area contributed by atoms with Crippen molar-refractivity contribution in [2.75, 3.05) is 11.7 Å². The van der Waals surface area contributed by atoms with Gasteiger partial charge in [0.2, 0.25) is 6.79 Å². The number of benzene rings is 2. The maximum absolute atomic E-state index is 5.89. The van der Waals surface area contributed by atoms with Crippen LogP contribution in [0.2, 0.25) is 0 Å². The first-order valence-corrected chi connectivity index (χ1v) is 12.1. The van der Waals surface area contributed by atoms with Crippen molar-refractivity contribution in [2.45, 2.75) is 32.9 Å².